The number of anilines is 2. The minimum Gasteiger partial charge on any atom is -0.399 e. The van der Waals surface area contributed by atoms with Crippen molar-refractivity contribution in [2.24, 2.45) is 0 Å². The van der Waals surface area contributed by atoms with Crippen LogP contribution in [0.5, 0.6) is 0 Å². The lowest BCUT2D eigenvalue weighted by molar-refractivity contribution is -0.893. The highest BCUT2D eigenvalue weighted by Gasteiger charge is 2.31. The second-order valence-electron chi connectivity index (χ2n) is 7.84. The Morgan fingerprint density at radius 2 is 2.00 bits per heavy atom. The van der Waals surface area contributed by atoms with E-state index < -0.39 is 0 Å². The Morgan fingerprint density at radius 3 is 2.73 bits per heavy atom. The quantitative estimate of drug-likeness (QED) is 0.665. The average molecular weight is 303 g/mol. The number of likely N-dealkylation sites (N-methyl/N-ethyl adjacent to an activating group) is 1. The predicted octanol–water partition coefficient (Wildman–Crippen LogP) is 1.80. The molecular formula is C18H31N4+. The summed E-state index contributed by atoms with van der Waals surface area (Å²) in [4.78, 5) is 5.16. The predicted molar refractivity (Wildman–Crippen MR) is 94.3 cm³/mol. The lowest BCUT2D eigenvalue weighted by Crippen LogP contribution is -2.46. The fourth-order valence-electron chi connectivity index (χ4n) is 3.83. The van der Waals surface area contributed by atoms with E-state index in [1.165, 1.54) is 50.1 Å². The van der Waals surface area contributed by atoms with Gasteiger partial charge in [-0.25, -0.2) is 0 Å². The fourth-order valence-corrected chi connectivity index (χ4v) is 3.83. The number of fused-ring (bicyclic) bond motifs is 1. The van der Waals surface area contributed by atoms with E-state index in [4.69, 9.17) is 5.73 Å². The van der Waals surface area contributed by atoms with Gasteiger partial charge in [-0.2, -0.15) is 0 Å². The van der Waals surface area contributed by atoms with E-state index >= 15 is 0 Å². The Hall–Kier alpha value is -1.26. The molecule has 0 aromatic heterocycles. The molecule has 1 aromatic carbocycles. The van der Waals surface area contributed by atoms with Gasteiger partial charge >= 0.3 is 0 Å². The van der Waals surface area contributed by atoms with E-state index in [0.29, 0.717) is 0 Å². The number of benzene rings is 1. The summed E-state index contributed by atoms with van der Waals surface area (Å²) in [6.45, 7) is 6.06. The number of hydrogen-bond donors (Lipinski definition) is 1. The summed E-state index contributed by atoms with van der Waals surface area (Å²) in [5, 5.41) is 0. The van der Waals surface area contributed by atoms with E-state index in [1.54, 1.807) is 0 Å². The standard InChI is InChI=1S/C18H31N4/c1-22(2,3)17-8-11-20(14-17)9-4-10-21-12-7-15-5-6-16(19)13-18(15)21/h5-6,13,17H,4,7-12,14,19H2,1-3H3/q+1. The third-order valence-electron chi connectivity index (χ3n) is 5.35. The van der Waals surface area contributed by atoms with Gasteiger partial charge in [0.15, 0.2) is 0 Å². The topological polar surface area (TPSA) is 32.5 Å². The maximum absolute atomic E-state index is 5.94. The molecule has 1 atom stereocenters. The van der Waals surface area contributed by atoms with Crippen molar-refractivity contribution in [3.8, 4) is 0 Å². The highest BCUT2D eigenvalue weighted by molar-refractivity contribution is 5.64. The Morgan fingerprint density at radius 1 is 1.18 bits per heavy atom. The summed E-state index contributed by atoms with van der Waals surface area (Å²) < 4.78 is 1.09. The van der Waals surface area contributed by atoms with Crippen molar-refractivity contribution >= 4 is 11.4 Å². The molecule has 2 aliphatic rings. The van der Waals surface area contributed by atoms with E-state index in [2.05, 4.69) is 43.1 Å². The summed E-state index contributed by atoms with van der Waals surface area (Å²) in [5.74, 6) is 0. The van der Waals surface area contributed by atoms with Gasteiger partial charge in [0.25, 0.3) is 0 Å². The molecule has 122 valence electrons. The molecule has 0 amide bonds. The van der Waals surface area contributed by atoms with E-state index in [0.717, 1.165) is 29.3 Å². The number of hydrogen-bond acceptors (Lipinski definition) is 3. The van der Waals surface area contributed by atoms with Gasteiger partial charge < -0.3 is 15.1 Å². The summed E-state index contributed by atoms with van der Waals surface area (Å²) in [7, 11) is 6.96. The summed E-state index contributed by atoms with van der Waals surface area (Å²) >= 11 is 0. The first kappa shape index (κ1) is 15.6. The van der Waals surface area contributed by atoms with Crippen LogP contribution in [0.15, 0.2) is 18.2 Å². The van der Waals surface area contributed by atoms with Crippen molar-refractivity contribution in [3.63, 3.8) is 0 Å². The van der Waals surface area contributed by atoms with E-state index in [9.17, 15) is 0 Å². The van der Waals surface area contributed by atoms with Gasteiger partial charge in [0, 0.05) is 44.0 Å². The molecule has 2 N–H and O–H groups in total. The monoisotopic (exact) mass is 303 g/mol. The molecule has 0 radical (unpaired) electrons. The van der Waals surface area contributed by atoms with Gasteiger partial charge in [0.1, 0.15) is 6.04 Å². The van der Waals surface area contributed by atoms with Gasteiger partial charge in [0.05, 0.1) is 27.7 Å². The molecule has 1 saturated heterocycles. The van der Waals surface area contributed by atoms with Gasteiger partial charge in [-0.15, -0.1) is 0 Å². The first-order valence-electron chi connectivity index (χ1n) is 8.60. The Labute approximate surface area is 135 Å². The maximum Gasteiger partial charge on any atom is 0.102 e. The molecule has 4 heteroatoms. The number of quaternary nitrogens is 1. The van der Waals surface area contributed by atoms with Crippen molar-refractivity contribution in [2.45, 2.75) is 25.3 Å². The maximum atomic E-state index is 5.94. The second-order valence-corrected chi connectivity index (χ2v) is 7.84. The summed E-state index contributed by atoms with van der Waals surface area (Å²) in [6, 6.07) is 7.16. The van der Waals surface area contributed by atoms with Crippen LogP contribution in [-0.4, -0.2) is 69.3 Å². The Bertz CT molecular complexity index is 520. The zero-order valence-electron chi connectivity index (χ0n) is 14.4. The van der Waals surface area contributed by atoms with Crippen molar-refractivity contribution < 1.29 is 4.48 Å². The van der Waals surface area contributed by atoms with Crippen LogP contribution in [0.2, 0.25) is 0 Å². The number of nitrogens with two attached hydrogens (primary N) is 1. The smallest absolute Gasteiger partial charge is 0.102 e. The van der Waals surface area contributed by atoms with Gasteiger partial charge in [0.2, 0.25) is 0 Å². The van der Waals surface area contributed by atoms with Crippen LogP contribution in [0.4, 0.5) is 11.4 Å². The molecule has 3 rings (SSSR count). The Balaban J connectivity index is 1.47. The van der Waals surface area contributed by atoms with Gasteiger partial charge in [-0.05, 0) is 30.5 Å². The normalized spacial score (nSPS) is 22.3. The largest absolute Gasteiger partial charge is 0.399 e. The van der Waals surface area contributed by atoms with Crippen LogP contribution in [0.1, 0.15) is 18.4 Å². The third-order valence-corrected chi connectivity index (χ3v) is 5.35. The minimum atomic E-state index is 0.798. The van der Waals surface area contributed by atoms with Crippen molar-refractivity contribution in [1.29, 1.82) is 0 Å². The molecule has 22 heavy (non-hydrogen) atoms. The summed E-state index contributed by atoms with van der Waals surface area (Å²) in [6.07, 6.45) is 3.76. The average Bonchev–Trinajstić information content (AvgIpc) is 3.06. The summed E-state index contributed by atoms with van der Waals surface area (Å²) in [5.41, 5.74) is 9.65. The lowest BCUT2D eigenvalue weighted by atomic mass is 10.1. The molecule has 1 fully saturated rings. The van der Waals surface area contributed by atoms with Crippen LogP contribution in [-0.2, 0) is 6.42 Å². The number of nitrogen functional groups attached to an aromatic ring is 1. The SMILES string of the molecule is C[N+](C)(C)C1CCN(CCCN2CCc3ccc(N)cc32)C1. The van der Waals surface area contributed by atoms with Gasteiger partial charge in [-0.1, -0.05) is 6.07 Å². The molecule has 2 aliphatic heterocycles. The molecule has 1 aromatic rings. The number of rotatable bonds is 5. The highest BCUT2D eigenvalue weighted by atomic mass is 15.4. The first-order chi connectivity index (χ1) is 10.4. The molecule has 1 unspecified atom stereocenters. The van der Waals surface area contributed by atoms with Crippen LogP contribution in [0.25, 0.3) is 0 Å². The zero-order valence-corrected chi connectivity index (χ0v) is 14.4. The van der Waals surface area contributed by atoms with Crippen molar-refractivity contribution in [1.82, 2.24) is 4.90 Å². The molecule has 2 heterocycles. The van der Waals surface area contributed by atoms with E-state index in [-0.39, 0.29) is 0 Å². The van der Waals surface area contributed by atoms with Crippen LogP contribution in [0, 0.1) is 0 Å². The molecule has 0 spiro atoms. The third kappa shape index (κ3) is 3.39. The van der Waals surface area contributed by atoms with Crippen molar-refractivity contribution in [2.75, 3.05) is 64.5 Å². The van der Waals surface area contributed by atoms with Crippen LogP contribution < -0.4 is 10.6 Å². The molecule has 0 saturated carbocycles. The number of likely N-dealkylation sites (tertiary alicyclic amines) is 1. The van der Waals surface area contributed by atoms with E-state index in [1.807, 2.05) is 6.07 Å². The zero-order chi connectivity index (χ0) is 15.7. The minimum absolute atomic E-state index is 0.798. The van der Waals surface area contributed by atoms with Crippen LogP contribution >= 0.6 is 0 Å². The highest BCUT2D eigenvalue weighted by Crippen LogP contribution is 2.30. The Kier molecular flexibility index (Phi) is 4.33. The molecular weight excluding hydrogens is 272 g/mol. The van der Waals surface area contributed by atoms with Crippen LogP contribution in [0.3, 0.4) is 0 Å². The van der Waals surface area contributed by atoms with Gasteiger partial charge in [-0.3, -0.25) is 4.90 Å². The number of nitrogens with zero attached hydrogens (tertiary/aromatic N) is 3. The molecule has 4 nitrogen and oxygen atoms in total. The fraction of sp³-hybridized carbons (Fsp3) is 0.667. The van der Waals surface area contributed by atoms with Crippen molar-refractivity contribution in [3.05, 3.63) is 23.8 Å². The molecule has 0 bridgehead atoms. The first-order valence-corrected chi connectivity index (χ1v) is 8.60. The second kappa shape index (κ2) is 6.09. The lowest BCUT2D eigenvalue weighted by Gasteiger charge is -2.31. The molecule has 0 aliphatic carbocycles.